The van der Waals surface area contributed by atoms with Gasteiger partial charge in [-0.05, 0) is 31.4 Å². The second-order valence-electron chi connectivity index (χ2n) is 4.68. The number of hydrogen-bond acceptors (Lipinski definition) is 3. The Kier molecular flexibility index (Phi) is 3.49. The minimum absolute atomic E-state index is 0.0901. The molecule has 0 atom stereocenters. The number of carbonyl (C=O) groups is 1. The topological polar surface area (TPSA) is 62.2 Å². The Balaban J connectivity index is 2.08. The molecular weight excluding hydrogens is 261 g/mol. The average Bonchev–Trinajstić information content (AvgIpc) is 2.32. The molecule has 1 aliphatic carbocycles. The van der Waals surface area contributed by atoms with Crippen LogP contribution in [0.15, 0.2) is 18.3 Å². The van der Waals surface area contributed by atoms with Gasteiger partial charge in [0.15, 0.2) is 0 Å². The second-order valence-corrected chi connectivity index (χ2v) is 4.68. The summed E-state index contributed by atoms with van der Waals surface area (Å²) in [6, 6.07) is 1.84. The molecular formula is C12H13F3N2O2. The van der Waals surface area contributed by atoms with Crippen molar-refractivity contribution in [1.29, 1.82) is 0 Å². The third-order valence-electron chi connectivity index (χ3n) is 3.32. The molecule has 0 aliphatic heterocycles. The number of aliphatic hydroxyl groups excluding tert-OH is 1. The van der Waals surface area contributed by atoms with Gasteiger partial charge in [0.1, 0.15) is 5.69 Å². The fourth-order valence-corrected chi connectivity index (χ4v) is 1.93. The van der Waals surface area contributed by atoms with E-state index in [0.717, 1.165) is 18.6 Å². The van der Waals surface area contributed by atoms with E-state index in [4.69, 9.17) is 0 Å². The lowest BCUT2D eigenvalue weighted by molar-refractivity contribution is -0.137. The Hall–Kier alpha value is -1.63. The molecule has 1 heterocycles. The molecule has 104 valence electrons. The molecule has 1 aromatic rings. The molecule has 1 saturated carbocycles. The number of rotatable bonds is 3. The number of nitrogens with one attached hydrogen (secondary N) is 1. The van der Waals surface area contributed by atoms with E-state index in [-0.39, 0.29) is 12.3 Å². The van der Waals surface area contributed by atoms with Gasteiger partial charge in [-0.2, -0.15) is 13.2 Å². The maximum absolute atomic E-state index is 12.3. The lowest BCUT2D eigenvalue weighted by atomic mass is 9.77. The molecule has 7 heteroatoms. The summed E-state index contributed by atoms with van der Waals surface area (Å²) in [5.41, 5.74) is -1.63. The van der Waals surface area contributed by atoms with E-state index in [1.165, 1.54) is 0 Å². The molecule has 1 aromatic heterocycles. The highest BCUT2D eigenvalue weighted by Crippen LogP contribution is 2.31. The van der Waals surface area contributed by atoms with Crippen LogP contribution >= 0.6 is 0 Å². The van der Waals surface area contributed by atoms with E-state index >= 15 is 0 Å². The highest BCUT2D eigenvalue weighted by Gasteiger charge is 2.38. The van der Waals surface area contributed by atoms with Gasteiger partial charge in [-0.1, -0.05) is 0 Å². The van der Waals surface area contributed by atoms with Crippen LogP contribution in [0.25, 0.3) is 0 Å². The predicted molar refractivity (Wildman–Crippen MR) is 60.4 cm³/mol. The molecule has 0 aromatic carbocycles. The molecule has 0 bridgehead atoms. The zero-order valence-electron chi connectivity index (χ0n) is 10.00. The van der Waals surface area contributed by atoms with Crippen molar-refractivity contribution in [2.24, 2.45) is 0 Å². The maximum atomic E-state index is 12.3. The number of alkyl halides is 3. The van der Waals surface area contributed by atoms with E-state index in [1.807, 2.05) is 0 Å². The summed E-state index contributed by atoms with van der Waals surface area (Å²) in [4.78, 5) is 15.3. The molecule has 0 spiro atoms. The minimum Gasteiger partial charge on any atom is -0.394 e. The van der Waals surface area contributed by atoms with Gasteiger partial charge in [0.25, 0.3) is 5.91 Å². The Labute approximate surface area is 107 Å². The van der Waals surface area contributed by atoms with Gasteiger partial charge < -0.3 is 10.4 Å². The van der Waals surface area contributed by atoms with Crippen LogP contribution in [0.5, 0.6) is 0 Å². The van der Waals surface area contributed by atoms with Crippen molar-refractivity contribution >= 4 is 5.91 Å². The first kappa shape index (κ1) is 13.8. The van der Waals surface area contributed by atoms with Gasteiger partial charge in [-0.15, -0.1) is 0 Å². The van der Waals surface area contributed by atoms with E-state index in [2.05, 4.69) is 10.3 Å². The molecule has 1 fully saturated rings. The van der Waals surface area contributed by atoms with Crippen molar-refractivity contribution in [3.8, 4) is 0 Å². The third-order valence-corrected chi connectivity index (χ3v) is 3.32. The van der Waals surface area contributed by atoms with Crippen molar-refractivity contribution < 1.29 is 23.1 Å². The third kappa shape index (κ3) is 2.86. The number of aromatic nitrogens is 1. The summed E-state index contributed by atoms with van der Waals surface area (Å²) in [6.45, 7) is -0.181. The molecule has 19 heavy (non-hydrogen) atoms. The van der Waals surface area contributed by atoms with Crippen LogP contribution in [0.4, 0.5) is 13.2 Å². The van der Waals surface area contributed by atoms with Gasteiger partial charge in [0.2, 0.25) is 0 Å². The predicted octanol–water partition coefficient (Wildman–Crippen LogP) is 1.75. The van der Waals surface area contributed by atoms with Gasteiger partial charge >= 0.3 is 6.18 Å². The zero-order valence-corrected chi connectivity index (χ0v) is 10.00. The largest absolute Gasteiger partial charge is 0.417 e. The van der Waals surface area contributed by atoms with Crippen molar-refractivity contribution in [3.63, 3.8) is 0 Å². The van der Waals surface area contributed by atoms with Crippen LogP contribution in [0, 0.1) is 0 Å². The first-order valence-corrected chi connectivity index (χ1v) is 5.83. The van der Waals surface area contributed by atoms with Crippen molar-refractivity contribution in [3.05, 3.63) is 29.6 Å². The summed E-state index contributed by atoms with van der Waals surface area (Å²) in [6.07, 6.45) is -1.61. The zero-order chi connectivity index (χ0) is 14.1. The van der Waals surface area contributed by atoms with Gasteiger partial charge in [0.05, 0.1) is 17.7 Å². The number of hydrogen-bond donors (Lipinski definition) is 2. The standard InChI is InChI=1S/C12H13F3N2O2/c13-12(14,15)8-2-3-9(16-6-8)10(19)17-11(7-18)4-1-5-11/h2-3,6,18H,1,4-5,7H2,(H,17,19). The van der Waals surface area contributed by atoms with Crippen molar-refractivity contribution in [2.75, 3.05) is 6.61 Å². The Morgan fingerprint density at radius 3 is 2.47 bits per heavy atom. The number of carbonyl (C=O) groups excluding carboxylic acids is 1. The smallest absolute Gasteiger partial charge is 0.394 e. The van der Waals surface area contributed by atoms with Gasteiger partial charge in [-0.3, -0.25) is 9.78 Å². The van der Waals surface area contributed by atoms with E-state index in [1.54, 1.807) is 0 Å². The van der Waals surface area contributed by atoms with Gasteiger partial charge in [0, 0.05) is 6.20 Å². The normalized spacial score (nSPS) is 17.7. The number of halogens is 3. The maximum Gasteiger partial charge on any atom is 0.417 e. The highest BCUT2D eigenvalue weighted by atomic mass is 19.4. The monoisotopic (exact) mass is 274 g/mol. The Morgan fingerprint density at radius 2 is 2.11 bits per heavy atom. The Bertz CT molecular complexity index is 461. The minimum atomic E-state index is -4.47. The molecule has 0 unspecified atom stereocenters. The Morgan fingerprint density at radius 1 is 1.42 bits per heavy atom. The van der Waals surface area contributed by atoms with Gasteiger partial charge in [-0.25, -0.2) is 0 Å². The molecule has 0 radical (unpaired) electrons. The van der Waals surface area contributed by atoms with Crippen LogP contribution in [0.3, 0.4) is 0 Å². The van der Waals surface area contributed by atoms with E-state index in [9.17, 15) is 23.1 Å². The number of pyridine rings is 1. The lowest BCUT2D eigenvalue weighted by Crippen LogP contribution is -2.56. The fraction of sp³-hybridized carbons (Fsp3) is 0.500. The fourth-order valence-electron chi connectivity index (χ4n) is 1.93. The quantitative estimate of drug-likeness (QED) is 0.882. The molecule has 4 nitrogen and oxygen atoms in total. The van der Waals surface area contributed by atoms with Crippen LogP contribution in [0.1, 0.15) is 35.3 Å². The molecule has 2 N–H and O–H groups in total. The molecule has 1 aliphatic rings. The summed E-state index contributed by atoms with van der Waals surface area (Å²) in [5.74, 6) is -0.567. The van der Waals surface area contributed by atoms with E-state index < -0.39 is 23.2 Å². The first-order chi connectivity index (χ1) is 8.86. The van der Waals surface area contributed by atoms with E-state index in [0.29, 0.717) is 19.0 Å². The number of amides is 1. The summed E-state index contributed by atoms with van der Waals surface area (Å²) in [5, 5.41) is 11.8. The lowest BCUT2D eigenvalue weighted by Gasteiger charge is -2.40. The first-order valence-electron chi connectivity index (χ1n) is 5.83. The number of aliphatic hydroxyl groups is 1. The van der Waals surface area contributed by atoms with Crippen LogP contribution in [0.2, 0.25) is 0 Å². The summed E-state index contributed by atoms with van der Waals surface area (Å²) < 4.78 is 37.0. The van der Waals surface area contributed by atoms with Crippen LogP contribution in [-0.2, 0) is 6.18 Å². The van der Waals surface area contributed by atoms with Crippen LogP contribution < -0.4 is 5.32 Å². The van der Waals surface area contributed by atoms with Crippen LogP contribution in [-0.4, -0.2) is 28.1 Å². The SMILES string of the molecule is O=C(NC1(CO)CCC1)c1ccc(C(F)(F)F)cn1. The van der Waals surface area contributed by atoms with Crippen molar-refractivity contribution in [1.82, 2.24) is 10.3 Å². The summed E-state index contributed by atoms with van der Waals surface area (Å²) >= 11 is 0. The number of nitrogens with zero attached hydrogens (tertiary/aromatic N) is 1. The average molecular weight is 274 g/mol. The molecule has 2 rings (SSSR count). The second kappa shape index (κ2) is 4.80. The summed E-state index contributed by atoms with van der Waals surface area (Å²) in [7, 11) is 0. The molecule has 0 saturated heterocycles. The van der Waals surface area contributed by atoms with Crippen molar-refractivity contribution in [2.45, 2.75) is 31.0 Å². The molecule has 1 amide bonds. The highest BCUT2D eigenvalue weighted by molar-refractivity contribution is 5.92.